The molecule has 0 unspecified atom stereocenters. The summed E-state index contributed by atoms with van der Waals surface area (Å²) in [6.07, 6.45) is 4.28. The number of carbonyl (C=O) groups is 2. The number of rotatable bonds is 3. The van der Waals surface area contributed by atoms with Crippen molar-refractivity contribution in [2.24, 2.45) is 5.92 Å². The lowest BCUT2D eigenvalue weighted by molar-refractivity contribution is -0.385. The van der Waals surface area contributed by atoms with Crippen molar-refractivity contribution in [3.05, 3.63) is 92.2 Å². The van der Waals surface area contributed by atoms with Gasteiger partial charge in [-0.05, 0) is 43.4 Å². The van der Waals surface area contributed by atoms with Crippen LogP contribution in [0.15, 0.2) is 59.8 Å². The van der Waals surface area contributed by atoms with Gasteiger partial charge in [-0.3, -0.25) is 19.7 Å². The zero-order valence-corrected chi connectivity index (χ0v) is 16.7. The monoisotopic (exact) mass is 400 g/mol. The quantitative estimate of drug-likeness (QED) is 0.440. The molecule has 6 heteroatoms. The van der Waals surface area contributed by atoms with Crippen molar-refractivity contribution in [2.45, 2.75) is 25.7 Å². The number of piperidine rings is 1. The van der Waals surface area contributed by atoms with Gasteiger partial charge in [0.1, 0.15) is 0 Å². The molecule has 2 atom stereocenters. The molecule has 1 amide bonds. The molecular formula is C24H20N2O4. The van der Waals surface area contributed by atoms with E-state index in [1.807, 2.05) is 24.3 Å². The molecule has 2 aromatic rings. The van der Waals surface area contributed by atoms with Gasteiger partial charge >= 0.3 is 0 Å². The highest BCUT2D eigenvalue weighted by Gasteiger charge is 2.67. The molecular weight excluding hydrogens is 380 g/mol. The number of benzene rings is 2. The van der Waals surface area contributed by atoms with E-state index in [-0.39, 0.29) is 22.8 Å². The van der Waals surface area contributed by atoms with Crippen LogP contribution >= 0.6 is 0 Å². The van der Waals surface area contributed by atoms with E-state index in [4.69, 9.17) is 0 Å². The first kappa shape index (κ1) is 18.5. The highest BCUT2D eigenvalue weighted by atomic mass is 16.6. The molecule has 2 aromatic carbocycles. The number of fused-ring (bicyclic) bond motifs is 1. The van der Waals surface area contributed by atoms with Gasteiger partial charge in [-0.25, -0.2) is 0 Å². The molecule has 30 heavy (non-hydrogen) atoms. The smallest absolute Gasteiger partial charge is 0.272 e. The maximum absolute atomic E-state index is 13.3. The third-order valence-electron chi connectivity index (χ3n) is 6.70. The minimum atomic E-state index is -0.419. The van der Waals surface area contributed by atoms with E-state index in [1.165, 1.54) is 6.07 Å². The minimum Gasteiger partial charge on any atom is -0.311 e. The molecule has 2 fully saturated rings. The van der Waals surface area contributed by atoms with Crippen molar-refractivity contribution in [3.63, 3.8) is 0 Å². The van der Waals surface area contributed by atoms with Crippen LogP contribution in [0.3, 0.4) is 0 Å². The lowest BCUT2D eigenvalue weighted by atomic mass is 9.81. The summed E-state index contributed by atoms with van der Waals surface area (Å²) >= 11 is 0. The van der Waals surface area contributed by atoms with Gasteiger partial charge in [0, 0.05) is 46.5 Å². The Labute approximate surface area is 173 Å². The Morgan fingerprint density at radius 1 is 1.23 bits per heavy atom. The van der Waals surface area contributed by atoms with Crippen LogP contribution in [-0.4, -0.2) is 28.1 Å². The summed E-state index contributed by atoms with van der Waals surface area (Å²) in [5.74, 6) is 0.105. The van der Waals surface area contributed by atoms with Gasteiger partial charge < -0.3 is 4.90 Å². The maximum atomic E-state index is 13.3. The van der Waals surface area contributed by atoms with Crippen LogP contribution < -0.4 is 0 Å². The van der Waals surface area contributed by atoms with Crippen molar-refractivity contribution in [1.82, 2.24) is 4.90 Å². The van der Waals surface area contributed by atoms with Gasteiger partial charge in [0.25, 0.3) is 11.6 Å². The van der Waals surface area contributed by atoms with Crippen molar-refractivity contribution in [3.8, 4) is 0 Å². The second-order valence-electron chi connectivity index (χ2n) is 8.30. The number of likely N-dealkylation sites (tertiary alicyclic amines) is 1. The molecule has 0 bridgehead atoms. The van der Waals surface area contributed by atoms with Crippen LogP contribution in [0.25, 0.3) is 6.08 Å². The van der Waals surface area contributed by atoms with E-state index in [1.54, 1.807) is 43.0 Å². The molecule has 1 saturated heterocycles. The number of allylic oxidation sites excluding steroid dienone is 2. The molecule has 0 N–H and O–H groups in total. The van der Waals surface area contributed by atoms with E-state index < -0.39 is 4.92 Å². The molecule has 1 spiro atoms. The summed E-state index contributed by atoms with van der Waals surface area (Å²) in [4.78, 5) is 38.5. The van der Waals surface area contributed by atoms with E-state index in [0.717, 1.165) is 23.2 Å². The first-order valence-corrected chi connectivity index (χ1v) is 9.95. The van der Waals surface area contributed by atoms with Crippen LogP contribution in [0.4, 0.5) is 5.69 Å². The summed E-state index contributed by atoms with van der Waals surface area (Å²) in [5.41, 5.74) is 4.03. The zero-order chi connectivity index (χ0) is 21.2. The molecule has 1 aliphatic heterocycles. The third kappa shape index (κ3) is 2.43. The Balaban J connectivity index is 1.49. The van der Waals surface area contributed by atoms with Crippen LogP contribution in [-0.2, 0) is 10.2 Å². The molecule has 1 heterocycles. The third-order valence-corrected chi connectivity index (χ3v) is 6.70. The summed E-state index contributed by atoms with van der Waals surface area (Å²) in [5, 5.41) is 11.2. The molecule has 6 nitrogen and oxygen atoms in total. The Kier molecular flexibility index (Phi) is 3.84. The molecule has 0 radical (unpaired) electrons. The molecule has 3 aliphatic rings. The molecule has 5 rings (SSSR count). The van der Waals surface area contributed by atoms with Gasteiger partial charge in [-0.1, -0.05) is 36.4 Å². The van der Waals surface area contributed by atoms with Gasteiger partial charge in [0.15, 0.2) is 5.78 Å². The number of nitrogens with zero attached hydrogens (tertiary/aromatic N) is 2. The number of ketones is 1. The number of hydrogen-bond acceptors (Lipinski definition) is 4. The highest BCUT2D eigenvalue weighted by molar-refractivity contribution is 6.10. The molecule has 150 valence electrons. The number of hydrogen-bond donors (Lipinski definition) is 0. The van der Waals surface area contributed by atoms with Gasteiger partial charge in [0.2, 0.25) is 0 Å². The second kappa shape index (κ2) is 6.23. The average Bonchev–Trinajstić information content (AvgIpc) is 3.36. The second-order valence-corrected chi connectivity index (χ2v) is 8.30. The van der Waals surface area contributed by atoms with E-state index in [2.05, 4.69) is 0 Å². The van der Waals surface area contributed by atoms with Gasteiger partial charge in [-0.15, -0.1) is 0 Å². The lowest BCUT2D eigenvalue weighted by Crippen LogP contribution is -2.34. The lowest BCUT2D eigenvalue weighted by Gasteiger charge is -2.29. The first-order chi connectivity index (χ1) is 14.3. The van der Waals surface area contributed by atoms with E-state index in [9.17, 15) is 19.7 Å². The van der Waals surface area contributed by atoms with Crippen LogP contribution in [0.1, 0.15) is 40.4 Å². The minimum absolute atomic E-state index is 0.0301. The molecule has 1 saturated carbocycles. The van der Waals surface area contributed by atoms with Gasteiger partial charge in [0.05, 0.1) is 4.92 Å². The van der Waals surface area contributed by atoms with Crippen LogP contribution in [0, 0.1) is 23.0 Å². The molecule has 2 aliphatic carbocycles. The van der Waals surface area contributed by atoms with Crippen molar-refractivity contribution in [1.29, 1.82) is 0 Å². The SMILES string of the molecule is C/C(=C\c1cccc([N+](=O)[O-])c1C)C(=O)N1C[C@H]2C[C@@]23C1=CC(=O)c1ccccc13. The van der Waals surface area contributed by atoms with Crippen LogP contribution in [0.5, 0.6) is 0 Å². The highest BCUT2D eigenvalue weighted by Crippen LogP contribution is 2.66. The van der Waals surface area contributed by atoms with E-state index >= 15 is 0 Å². The topological polar surface area (TPSA) is 80.5 Å². The van der Waals surface area contributed by atoms with E-state index in [0.29, 0.717) is 29.2 Å². The average molecular weight is 400 g/mol. The summed E-state index contributed by atoms with van der Waals surface area (Å²) < 4.78 is 0. The number of nitro benzene ring substituents is 1. The standard InChI is InChI=1S/C24H20N2O4/c1-14(10-16-6-5-9-20(15(16)2)26(29)30)23(28)25-13-17-12-24(17)19-8-4-3-7-18(19)21(27)11-22(24)25/h3-11,17H,12-13H2,1-2H3/b14-10+/t17-,24-/m1/s1. The summed E-state index contributed by atoms with van der Waals surface area (Å²) in [7, 11) is 0. The van der Waals surface area contributed by atoms with Crippen molar-refractivity contribution in [2.75, 3.05) is 6.54 Å². The number of nitro groups is 1. The Bertz CT molecular complexity index is 1210. The Morgan fingerprint density at radius 3 is 2.77 bits per heavy atom. The number of amides is 1. The van der Waals surface area contributed by atoms with Crippen LogP contribution in [0.2, 0.25) is 0 Å². The normalized spacial score (nSPS) is 24.0. The maximum Gasteiger partial charge on any atom is 0.272 e. The largest absolute Gasteiger partial charge is 0.311 e. The fourth-order valence-electron chi connectivity index (χ4n) is 5.08. The first-order valence-electron chi connectivity index (χ1n) is 9.95. The van der Waals surface area contributed by atoms with Crippen molar-refractivity contribution < 1.29 is 14.5 Å². The Morgan fingerprint density at radius 2 is 2.00 bits per heavy atom. The fourth-order valence-corrected chi connectivity index (χ4v) is 5.08. The predicted octanol–water partition coefficient (Wildman–Crippen LogP) is 4.19. The number of carbonyl (C=O) groups excluding carboxylic acids is 2. The predicted molar refractivity (Wildman–Crippen MR) is 112 cm³/mol. The summed E-state index contributed by atoms with van der Waals surface area (Å²) in [6.45, 7) is 3.99. The molecule has 0 aromatic heterocycles. The zero-order valence-electron chi connectivity index (χ0n) is 16.7. The van der Waals surface area contributed by atoms with Crippen molar-refractivity contribution >= 4 is 23.5 Å². The van der Waals surface area contributed by atoms with Gasteiger partial charge in [-0.2, -0.15) is 0 Å². The summed E-state index contributed by atoms with van der Waals surface area (Å²) in [6, 6.07) is 12.5. The fraction of sp³-hybridized carbons (Fsp3) is 0.250. The Hall–Kier alpha value is -3.54.